The van der Waals surface area contributed by atoms with Crippen LogP contribution in [0.2, 0.25) is 0 Å². The topological polar surface area (TPSA) is 43.6 Å². The Bertz CT molecular complexity index is 1500. The van der Waals surface area contributed by atoms with Gasteiger partial charge in [-0.1, -0.05) is 24.3 Å². The SMILES string of the molecule is CC1=CC(C)=[N+]2C1=C(c1ccc(C(n3cccn3)n3cccn3)cc1)c1c(C)cc(C)n1[B-]2(F)F. The minimum absolute atomic E-state index is 0.251. The van der Waals surface area contributed by atoms with E-state index in [4.69, 9.17) is 0 Å². The molecule has 35 heavy (non-hydrogen) atoms. The molecule has 0 N–H and O–H groups in total. The van der Waals surface area contributed by atoms with Crippen LogP contribution in [0.25, 0.3) is 5.57 Å². The predicted molar refractivity (Wildman–Crippen MR) is 132 cm³/mol. The van der Waals surface area contributed by atoms with E-state index in [-0.39, 0.29) is 6.17 Å². The smallest absolute Gasteiger partial charge is 0.393 e. The molecule has 0 aliphatic carbocycles. The van der Waals surface area contributed by atoms with Crippen molar-refractivity contribution < 1.29 is 13.1 Å². The van der Waals surface area contributed by atoms with E-state index in [2.05, 4.69) is 10.2 Å². The van der Waals surface area contributed by atoms with Gasteiger partial charge in [0, 0.05) is 49.1 Å². The first-order valence-corrected chi connectivity index (χ1v) is 11.6. The average Bonchev–Trinajstić information content (AvgIpc) is 3.60. The highest BCUT2D eigenvalue weighted by molar-refractivity contribution is 6.58. The molecule has 2 aliphatic heterocycles. The van der Waals surface area contributed by atoms with Crippen LogP contribution in [0.1, 0.15) is 48.1 Å². The Morgan fingerprint density at radius 3 is 2.11 bits per heavy atom. The quantitative estimate of drug-likeness (QED) is 0.393. The van der Waals surface area contributed by atoms with Crippen molar-refractivity contribution in [1.29, 1.82) is 0 Å². The van der Waals surface area contributed by atoms with Crippen LogP contribution in [0.3, 0.4) is 0 Å². The maximum atomic E-state index is 15.9. The lowest BCUT2D eigenvalue weighted by atomic mass is 9.83. The number of aromatic nitrogens is 5. The van der Waals surface area contributed by atoms with Gasteiger partial charge >= 0.3 is 6.97 Å². The fourth-order valence-electron chi connectivity index (χ4n) is 5.67. The fraction of sp³-hybridized carbons (Fsp3) is 0.192. The number of aryl methyl sites for hydroxylation is 2. The van der Waals surface area contributed by atoms with Crippen LogP contribution < -0.4 is 0 Å². The molecule has 9 heteroatoms. The molecule has 3 aromatic heterocycles. The third-order valence-electron chi connectivity index (χ3n) is 6.98. The van der Waals surface area contributed by atoms with E-state index in [1.54, 1.807) is 26.2 Å². The Morgan fingerprint density at radius 2 is 1.54 bits per heavy atom. The molecule has 4 aromatic rings. The second-order valence-corrected chi connectivity index (χ2v) is 9.31. The molecule has 2 aliphatic rings. The van der Waals surface area contributed by atoms with Gasteiger partial charge in [-0.3, -0.25) is 0 Å². The van der Waals surface area contributed by atoms with E-state index >= 15 is 8.63 Å². The van der Waals surface area contributed by atoms with Gasteiger partial charge in [0.2, 0.25) is 0 Å². The van der Waals surface area contributed by atoms with Crippen molar-refractivity contribution in [2.24, 2.45) is 0 Å². The van der Waals surface area contributed by atoms with E-state index in [9.17, 15) is 0 Å². The van der Waals surface area contributed by atoms with Crippen molar-refractivity contribution in [2.45, 2.75) is 33.9 Å². The molecule has 0 amide bonds. The van der Waals surface area contributed by atoms with Gasteiger partial charge in [0.05, 0.1) is 5.57 Å². The maximum absolute atomic E-state index is 15.9. The Balaban J connectivity index is 1.55. The van der Waals surface area contributed by atoms with Crippen LogP contribution in [0, 0.1) is 13.8 Å². The molecule has 1 aromatic carbocycles. The molecule has 6 nitrogen and oxygen atoms in total. The van der Waals surface area contributed by atoms with Crippen LogP contribution in [0.4, 0.5) is 8.63 Å². The summed E-state index contributed by atoms with van der Waals surface area (Å²) in [6, 6.07) is 13.7. The van der Waals surface area contributed by atoms with Crippen molar-refractivity contribution in [2.75, 3.05) is 0 Å². The summed E-state index contributed by atoms with van der Waals surface area (Å²) in [5.74, 6) is 0. The van der Waals surface area contributed by atoms with Gasteiger partial charge in [0.15, 0.2) is 11.9 Å². The maximum Gasteiger partial charge on any atom is 0.737 e. The molecule has 0 spiro atoms. The highest BCUT2D eigenvalue weighted by Crippen LogP contribution is 2.44. The Kier molecular flexibility index (Phi) is 4.61. The van der Waals surface area contributed by atoms with Crippen molar-refractivity contribution in [1.82, 2.24) is 24.0 Å². The Labute approximate surface area is 202 Å². The Hall–Kier alpha value is -4.01. The molecule has 0 fully saturated rings. The first kappa shape index (κ1) is 21.5. The molecule has 0 unspecified atom stereocenters. The third-order valence-corrected chi connectivity index (χ3v) is 6.98. The van der Waals surface area contributed by atoms with E-state index < -0.39 is 6.97 Å². The summed E-state index contributed by atoms with van der Waals surface area (Å²) in [6.07, 6.45) is 8.88. The van der Waals surface area contributed by atoms with E-state index in [1.165, 1.54) is 8.96 Å². The van der Waals surface area contributed by atoms with Crippen molar-refractivity contribution >= 4 is 18.3 Å². The summed E-state index contributed by atoms with van der Waals surface area (Å²) in [5.41, 5.74) is 6.70. The monoisotopic (exact) mass is 470 g/mol. The molecule has 0 saturated heterocycles. The number of allylic oxidation sites excluding steroid dienone is 2. The summed E-state index contributed by atoms with van der Waals surface area (Å²) in [7, 11) is 0. The number of hydrogen-bond donors (Lipinski definition) is 0. The summed E-state index contributed by atoms with van der Waals surface area (Å²) in [5, 5.41) is 8.86. The predicted octanol–water partition coefficient (Wildman–Crippen LogP) is 5.02. The van der Waals surface area contributed by atoms with Gasteiger partial charge in [-0.25, -0.2) is 9.36 Å². The molecule has 0 radical (unpaired) electrons. The molecule has 0 saturated carbocycles. The second-order valence-electron chi connectivity index (χ2n) is 9.31. The highest BCUT2D eigenvalue weighted by Gasteiger charge is 2.55. The number of halogens is 2. The lowest BCUT2D eigenvalue weighted by Gasteiger charge is -2.34. The van der Waals surface area contributed by atoms with Gasteiger partial charge in [0.25, 0.3) is 0 Å². The van der Waals surface area contributed by atoms with Crippen LogP contribution in [0.5, 0.6) is 0 Å². The molecule has 0 bridgehead atoms. The van der Waals surface area contributed by atoms with Crippen LogP contribution in [-0.2, 0) is 0 Å². The van der Waals surface area contributed by atoms with E-state index in [1.807, 2.05) is 84.1 Å². The first-order valence-electron chi connectivity index (χ1n) is 11.6. The number of benzene rings is 1. The molecule has 5 heterocycles. The standard InChI is InChI=1S/C26H25BF2N6/c1-17-15-19(3)34-24(17)23(25-18(2)16-20(4)35(25)27(34,28)29)21-7-9-22(10-8-21)26(32-13-5-11-30-32)33-14-6-12-31-33/h5-16,26H,1-4H3. The lowest BCUT2D eigenvalue weighted by molar-refractivity contribution is -0.363. The van der Waals surface area contributed by atoms with Crippen molar-refractivity contribution in [3.63, 3.8) is 0 Å². The van der Waals surface area contributed by atoms with Gasteiger partial charge < -0.3 is 17.6 Å². The zero-order valence-electron chi connectivity index (χ0n) is 20.0. The summed E-state index contributed by atoms with van der Waals surface area (Å²) >= 11 is 0. The summed E-state index contributed by atoms with van der Waals surface area (Å²) in [4.78, 5) is 0. The van der Waals surface area contributed by atoms with Gasteiger partial charge in [0.1, 0.15) is 5.71 Å². The van der Waals surface area contributed by atoms with Gasteiger partial charge in [-0.2, -0.15) is 10.2 Å². The summed E-state index contributed by atoms with van der Waals surface area (Å²) < 4.78 is 37.9. The Morgan fingerprint density at radius 1 is 0.914 bits per heavy atom. The first-order chi connectivity index (χ1) is 16.8. The molecular formula is C26H25BF2N6. The average molecular weight is 470 g/mol. The third kappa shape index (κ3) is 3.04. The van der Waals surface area contributed by atoms with E-state index in [0.717, 1.165) is 27.8 Å². The van der Waals surface area contributed by atoms with Crippen molar-refractivity contribution in [3.8, 4) is 0 Å². The van der Waals surface area contributed by atoms with Crippen LogP contribution in [-0.4, -0.2) is 41.2 Å². The minimum atomic E-state index is -3.99. The van der Waals surface area contributed by atoms with E-state index in [0.29, 0.717) is 22.8 Å². The molecule has 0 atom stereocenters. The second kappa shape index (κ2) is 7.50. The zero-order valence-corrected chi connectivity index (χ0v) is 20.0. The summed E-state index contributed by atoms with van der Waals surface area (Å²) in [6.45, 7) is 3.34. The lowest BCUT2D eigenvalue weighted by Crippen LogP contribution is -2.51. The molecular weight excluding hydrogens is 445 g/mol. The van der Waals surface area contributed by atoms with Crippen molar-refractivity contribution in [3.05, 3.63) is 113 Å². The molecule has 176 valence electrons. The fourth-order valence-corrected chi connectivity index (χ4v) is 5.67. The zero-order chi connectivity index (χ0) is 24.5. The number of rotatable bonds is 4. The highest BCUT2D eigenvalue weighted by atomic mass is 19.2. The van der Waals surface area contributed by atoms with Gasteiger partial charge in [-0.05, 0) is 61.4 Å². The van der Waals surface area contributed by atoms with Gasteiger partial charge in [-0.15, -0.1) is 0 Å². The number of nitrogens with zero attached hydrogens (tertiary/aromatic N) is 6. The van der Waals surface area contributed by atoms with Crippen LogP contribution in [0.15, 0.2) is 84.6 Å². The minimum Gasteiger partial charge on any atom is -0.393 e. The number of hydrogen-bond acceptors (Lipinski definition) is 2. The molecule has 6 rings (SSSR count). The largest absolute Gasteiger partial charge is 0.737 e. The normalized spacial score (nSPS) is 16.7. The number of fused-ring (bicyclic) bond motifs is 2. The van der Waals surface area contributed by atoms with Crippen LogP contribution >= 0.6 is 0 Å².